The van der Waals surface area contributed by atoms with Crippen LogP contribution in [0.2, 0.25) is 0 Å². The summed E-state index contributed by atoms with van der Waals surface area (Å²) in [5.74, 6) is 2.49. The molecule has 3 heterocycles. The number of aromatic nitrogens is 3. The first kappa shape index (κ1) is 18.0. The molecule has 3 aromatic rings. The molecule has 1 fully saturated rings. The monoisotopic (exact) mass is 376 g/mol. The zero-order chi connectivity index (χ0) is 19.5. The Balaban J connectivity index is 1.40. The lowest BCUT2D eigenvalue weighted by Crippen LogP contribution is -2.50. The van der Waals surface area contributed by atoms with E-state index in [1.54, 1.807) is 0 Å². The minimum Gasteiger partial charge on any atom is -0.353 e. The third-order valence-corrected chi connectivity index (χ3v) is 4.87. The number of amides is 2. The van der Waals surface area contributed by atoms with E-state index in [0.717, 1.165) is 36.2 Å². The smallest absolute Gasteiger partial charge is 0.321 e. The van der Waals surface area contributed by atoms with Crippen molar-refractivity contribution in [1.29, 1.82) is 0 Å². The summed E-state index contributed by atoms with van der Waals surface area (Å²) < 4.78 is 1.98. The van der Waals surface area contributed by atoms with Gasteiger partial charge in [0.1, 0.15) is 17.5 Å². The van der Waals surface area contributed by atoms with Gasteiger partial charge in [-0.2, -0.15) is 0 Å². The number of carbonyl (C=O) groups is 1. The molecule has 7 nitrogen and oxygen atoms in total. The van der Waals surface area contributed by atoms with Gasteiger partial charge in [-0.1, -0.05) is 17.7 Å². The van der Waals surface area contributed by atoms with Crippen LogP contribution in [0.25, 0.3) is 5.82 Å². The summed E-state index contributed by atoms with van der Waals surface area (Å²) in [6.07, 6.45) is 3.94. The fourth-order valence-electron chi connectivity index (χ4n) is 3.30. The number of hydrogen-bond acceptors (Lipinski definition) is 4. The largest absolute Gasteiger partial charge is 0.353 e. The molecular weight excluding hydrogens is 352 g/mol. The van der Waals surface area contributed by atoms with Gasteiger partial charge in [0.15, 0.2) is 0 Å². The number of carbonyl (C=O) groups excluding carboxylic acids is 1. The second-order valence-electron chi connectivity index (χ2n) is 6.99. The second-order valence-corrected chi connectivity index (χ2v) is 6.99. The van der Waals surface area contributed by atoms with E-state index in [4.69, 9.17) is 0 Å². The van der Waals surface area contributed by atoms with E-state index in [0.29, 0.717) is 13.1 Å². The van der Waals surface area contributed by atoms with Gasteiger partial charge in [0, 0.05) is 50.3 Å². The summed E-state index contributed by atoms with van der Waals surface area (Å²) in [5, 5.41) is 2.97. The Morgan fingerprint density at radius 2 is 1.57 bits per heavy atom. The van der Waals surface area contributed by atoms with Crippen LogP contribution in [-0.2, 0) is 0 Å². The van der Waals surface area contributed by atoms with E-state index in [2.05, 4.69) is 20.2 Å². The third kappa shape index (κ3) is 3.98. The highest BCUT2D eigenvalue weighted by Crippen LogP contribution is 2.18. The molecule has 1 saturated heterocycles. The number of nitrogens with zero attached hydrogens (tertiary/aromatic N) is 5. The van der Waals surface area contributed by atoms with Crippen LogP contribution in [0.4, 0.5) is 16.3 Å². The van der Waals surface area contributed by atoms with E-state index in [-0.39, 0.29) is 6.03 Å². The predicted molar refractivity (Wildman–Crippen MR) is 110 cm³/mol. The molecule has 2 amide bonds. The Hall–Kier alpha value is -3.35. The van der Waals surface area contributed by atoms with Crippen molar-refractivity contribution in [3.05, 3.63) is 66.2 Å². The minimum atomic E-state index is -0.0598. The highest BCUT2D eigenvalue weighted by molar-refractivity contribution is 5.89. The number of rotatable bonds is 3. The van der Waals surface area contributed by atoms with Gasteiger partial charge in [0.2, 0.25) is 0 Å². The lowest BCUT2D eigenvalue weighted by atomic mass is 10.2. The van der Waals surface area contributed by atoms with Crippen molar-refractivity contribution < 1.29 is 4.79 Å². The summed E-state index contributed by atoms with van der Waals surface area (Å²) >= 11 is 0. The fraction of sp³-hybridized carbons (Fsp3) is 0.286. The zero-order valence-corrected chi connectivity index (χ0v) is 16.2. The van der Waals surface area contributed by atoms with Crippen molar-refractivity contribution in [1.82, 2.24) is 19.4 Å². The number of urea groups is 1. The summed E-state index contributed by atoms with van der Waals surface area (Å²) in [7, 11) is 0. The Labute approximate surface area is 164 Å². The fourth-order valence-corrected chi connectivity index (χ4v) is 3.30. The van der Waals surface area contributed by atoms with Crippen LogP contribution >= 0.6 is 0 Å². The molecule has 0 spiro atoms. The highest BCUT2D eigenvalue weighted by atomic mass is 16.2. The van der Waals surface area contributed by atoms with E-state index in [1.165, 1.54) is 5.56 Å². The van der Waals surface area contributed by atoms with Gasteiger partial charge in [0.05, 0.1) is 0 Å². The van der Waals surface area contributed by atoms with Crippen molar-refractivity contribution in [2.45, 2.75) is 13.8 Å². The molecule has 2 aromatic heterocycles. The molecule has 0 bridgehead atoms. The zero-order valence-electron chi connectivity index (χ0n) is 16.2. The van der Waals surface area contributed by atoms with Crippen LogP contribution < -0.4 is 10.2 Å². The first-order valence-electron chi connectivity index (χ1n) is 9.45. The van der Waals surface area contributed by atoms with Gasteiger partial charge in [0.25, 0.3) is 0 Å². The highest BCUT2D eigenvalue weighted by Gasteiger charge is 2.22. The van der Waals surface area contributed by atoms with Crippen molar-refractivity contribution >= 4 is 17.5 Å². The molecule has 0 radical (unpaired) electrons. The number of anilines is 2. The third-order valence-electron chi connectivity index (χ3n) is 4.87. The molecule has 0 atom stereocenters. The van der Waals surface area contributed by atoms with E-state index in [1.807, 2.05) is 78.2 Å². The van der Waals surface area contributed by atoms with Crippen LogP contribution in [0.1, 0.15) is 11.4 Å². The predicted octanol–water partition coefficient (Wildman–Crippen LogP) is 3.24. The number of benzene rings is 1. The molecule has 7 heteroatoms. The van der Waals surface area contributed by atoms with E-state index < -0.39 is 0 Å². The van der Waals surface area contributed by atoms with Crippen LogP contribution in [-0.4, -0.2) is 51.6 Å². The summed E-state index contributed by atoms with van der Waals surface area (Å²) in [6.45, 7) is 6.72. The van der Waals surface area contributed by atoms with Crippen molar-refractivity contribution in [2.24, 2.45) is 0 Å². The lowest BCUT2D eigenvalue weighted by Gasteiger charge is -2.35. The quantitative estimate of drug-likeness (QED) is 0.762. The van der Waals surface area contributed by atoms with Crippen molar-refractivity contribution in [2.75, 3.05) is 36.4 Å². The van der Waals surface area contributed by atoms with Crippen LogP contribution in [0.5, 0.6) is 0 Å². The molecule has 1 N–H and O–H groups in total. The number of piperazine rings is 1. The average Bonchev–Trinajstić information content (AvgIpc) is 3.24. The molecule has 1 aliphatic heterocycles. The maximum absolute atomic E-state index is 12.5. The number of aryl methyl sites for hydroxylation is 2. The van der Waals surface area contributed by atoms with Gasteiger partial charge >= 0.3 is 6.03 Å². The molecule has 1 aliphatic rings. The van der Waals surface area contributed by atoms with Crippen LogP contribution in [0.15, 0.2) is 54.9 Å². The molecule has 28 heavy (non-hydrogen) atoms. The maximum atomic E-state index is 12.5. The lowest BCUT2D eigenvalue weighted by molar-refractivity contribution is 0.208. The number of hydrogen-bond donors (Lipinski definition) is 1. The maximum Gasteiger partial charge on any atom is 0.321 e. The van der Waals surface area contributed by atoms with Crippen LogP contribution in [0.3, 0.4) is 0 Å². The first-order valence-corrected chi connectivity index (χ1v) is 9.45. The Bertz CT molecular complexity index is 944. The molecule has 0 saturated carbocycles. The summed E-state index contributed by atoms with van der Waals surface area (Å²) in [5.41, 5.74) is 1.99. The SMILES string of the molecule is Cc1ccc(NC(=O)N2CCN(c3cc(-n4cccc4)nc(C)n3)CC2)cc1. The summed E-state index contributed by atoms with van der Waals surface area (Å²) in [4.78, 5) is 25.7. The van der Waals surface area contributed by atoms with Crippen molar-refractivity contribution in [3.8, 4) is 5.82 Å². The molecule has 0 unspecified atom stereocenters. The molecular formula is C21H24N6O. The van der Waals surface area contributed by atoms with Gasteiger partial charge in [-0.05, 0) is 38.1 Å². The molecule has 4 rings (SSSR count). The summed E-state index contributed by atoms with van der Waals surface area (Å²) in [6, 6.07) is 13.7. The van der Waals surface area contributed by atoms with Gasteiger partial charge in [-0.15, -0.1) is 0 Å². The van der Waals surface area contributed by atoms with Crippen LogP contribution in [0, 0.1) is 13.8 Å². The van der Waals surface area contributed by atoms with Gasteiger partial charge in [-0.25, -0.2) is 14.8 Å². The van der Waals surface area contributed by atoms with Crippen molar-refractivity contribution in [3.63, 3.8) is 0 Å². The molecule has 144 valence electrons. The number of nitrogens with one attached hydrogen (secondary N) is 1. The van der Waals surface area contributed by atoms with E-state index >= 15 is 0 Å². The topological polar surface area (TPSA) is 66.3 Å². The van der Waals surface area contributed by atoms with E-state index in [9.17, 15) is 4.79 Å². The Morgan fingerprint density at radius 1 is 0.929 bits per heavy atom. The minimum absolute atomic E-state index is 0.0598. The second kappa shape index (κ2) is 7.72. The Kier molecular flexibility index (Phi) is 4.97. The van der Waals surface area contributed by atoms with Gasteiger partial charge < -0.3 is 19.7 Å². The standard InChI is InChI=1S/C21H24N6O/c1-16-5-7-18(8-6-16)24-21(28)27-13-11-26(12-14-27)20-15-19(22-17(2)23-20)25-9-3-4-10-25/h3-10,15H,11-14H2,1-2H3,(H,24,28). The molecule has 0 aliphatic carbocycles. The average molecular weight is 376 g/mol. The Morgan fingerprint density at radius 3 is 2.25 bits per heavy atom. The normalized spacial score (nSPS) is 14.2. The first-order chi connectivity index (χ1) is 13.6. The molecule has 1 aromatic carbocycles. The van der Waals surface area contributed by atoms with Gasteiger partial charge in [-0.3, -0.25) is 0 Å².